The van der Waals surface area contributed by atoms with Crippen LogP contribution in [0.15, 0.2) is 12.1 Å². The number of anilines is 1. The average molecular weight is 274 g/mol. The fourth-order valence-electron chi connectivity index (χ4n) is 1.36. The number of amides is 1. The summed E-state index contributed by atoms with van der Waals surface area (Å²) in [5, 5.41) is 3.05. The molecule has 0 bridgehead atoms. The van der Waals surface area contributed by atoms with Crippen molar-refractivity contribution in [2.45, 2.75) is 18.6 Å². The van der Waals surface area contributed by atoms with Crippen LogP contribution in [0.5, 0.6) is 0 Å². The number of benzene rings is 1. The molecule has 1 amide bonds. The number of hydrogen-bond acceptors (Lipinski definition) is 3. The number of hydrogen-bond donors (Lipinski definition) is 2. The molecule has 100 valence electrons. The molecule has 0 fully saturated rings. The first-order chi connectivity index (χ1) is 8.45. The largest absolute Gasteiger partial charge is 0.398 e. The first-order valence-corrected chi connectivity index (χ1v) is 6.80. The summed E-state index contributed by atoms with van der Waals surface area (Å²) in [6, 6.07) is 1.63. The van der Waals surface area contributed by atoms with E-state index in [9.17, 15) is 13.6 Å². The quantitative estimate of drug-likeness (QED) is 0.811. The highest BCUT2D eigenvalue weighted by molar-refractivity contribution is 7.99. The lowest BCUT2D eigenvalue weighted by Crippen LogP contribution is -2.27. The Balaban J connectivity index is 2.64. The van der Waals surface area contributed by atoms with E-state index in [0.29, 0.717) is 11.8 Å². The Labute approximate surface area is 109 Å². The summed E-state index contributed by atoms with van der Waals surface area (Å²) in [6.07, 6.45) is 2.79. The Morgan fingerprint density at radius 2 is 2.06 bits per heavy atom. The smallest absolute Gasteiger partial charge is 0.253 e. The van der Waals surface area contributed by atoms with E-state index in [-0.39, 0.29) is 11.3 Å². The SMILES string of the molecule is CSC(C)CCNC(=O)c1cc(F)c(F)cc1N. The Morgan fingerprint density at radius 1 is 1.44 bits per heavy atom. The molecule has 1 atom stereocenters. The van der Waals surface area contributed by atoms with Gasteiger partial charge in [-0.3, -0.25) is 4.79 Å². The normalized spacial score (nSPS) is 12.2. The van der Waals surface area contributed by atoms with Gasteiger partial charge in [-0.05, 0) is 18.7 Å². The summed E-state index contributed by atoms with van der Waals surface area (Å²) in [5.74, 6) is -2.62. The van der Waals surface area contributed by atoms with Gasteiger partial charge in [0.05, 0.1) is 5.56 Å². The van der Waals surface area contributed by atoms with Crippen molar-refractivity contribution in [1.29, 1.82) is 0 Å². The van der Waals surface area contributed by atoms with E-state index in [4.69, 9.17) is 5.73 Å². The van der Waals surface area contributed by atoms with Crippen LogP contribution in [0.4, 0.5) is 14.5 Å². The topological polar surface area (TPSA) is 55.1 Å². The molecule has 6 heteroatoms. The number of thioether (sulfide) groups is 1. The molecule has 18 heavy (non-hydrogen) atoms. The number of nitrogens with one attached hydrogen (secondary N) is 1. The second-order valence-electron chi connectivity index (χ2n) is 3.94. The van der Waals surface area contributed by atoms with Crippen molar-refractivity contribution in [3.63, 3.8) is 0 Å². The highest BCUT2D eigenvalue weighted by atomic mass is 32.2. The summed E-state index contributed by atoms with van der Waals surface area (Å²) in [5.41, 5.74) is 5.38. The minimum Gasteiger partial charge on any atom is -0.398 e. The van der Waals surface area contributed by atoms with E-state index >= 15 is 0 Å². The van der Waals surface area contributed by atoms with Crippen molar-refractivity contribution >= 4 is 23.4 Å². The summed E-state index contributed by atoms with van der Waals surface area (Å²) in [7, 11) is 0. The number of nitrogens with two attached hydrogens (primary N) is 1. The van der Waals surface area contributed by atoms with Gasteiger partial charge in [0.2, 0.25) is 0 Å². The Hall–Kier alpha value is -1.30. The molecule has 0 spiro atoms. The predicted molar refractivity (Wildman–Crippen MR) is 70.7 cm³/mol. The number of nitrogen functional groups attached to an aromatic ring is 1. The molecule has 0 saturated carbocycles. The zero-order valence-corrected chi connectivity index (χ0v) is 11.1. The molecule has 0 aliphatic carbocycles. The molecule has 1 unspecified atom stereocenters. The third-order valence-corrected chi connectivity index (χ3v) is 3.62. The van der Waals surface area contributed by atoms with Crippen molar-refractivity contribution in [1.82, 2.24) is 5.32 Å². The lowest BCUT2D eigenvalue weighted by molar-refractivity contribution is 0.0953. The summed E-state index contributed by atoms with van der Waals surface area (Å²) < 4.78 is 25.8. The predicted octanol–water partition coefficient (Wildman–Crippen LogP) is 2.42. The van der Waals surface area contributed by atoms with Gasteiger partial charge in [0.15, 0.2) is 11.6 Å². The fourth-order valence-corrected chi connectivity index (χ4v) is 1.71. The van der Waals surface area contributed by atoms with Gasteiger partial charge in [-0.15, -0.1) is 0 Å². The molecule has 0 aliphatic heterocycles. The van der Waals surface area contributed by atoms with Crippen LogP contribution >= 0.6 is 11.8 Å². The van der Waals surface area contributed by atoms with E-state index in [2.05, 4.69) is 5.32 Å². The van der Waals surface area contributed by atoms with Gasteiger partial charge in [-0.1, -0.05) is 6.92 Å². The van der Waals surface area contributed by atoms with Crippen molar-refractivity contribution in [3.8, 4) is 0 Å². The second-order valence-corrected chi connectivity index (χ2v) is 5.22. The van der Waals surface area contributed by atoms with Crippen LogP contribution in [0, 0.1) is 11.6 Å². The van der Waals surface area contributed by atoms with Crippen molar-refractivity contribution in [2.24, 2.45) is 0 Å². The Kier molecular flexibility index (Phi) is 5.40. The fraction of sp³-hybridized carbons (Fsp3) is 0.417. The van der Waals surface area contributed by atoms with Crippen LogP contribution in [0.3, 0.4) is 0 Å². The lowest BCUT2D eigenvalue weighted by Gasteiger charge is -2.10. The molecular formula is C12H16F2N2OS. The molecule has 0 aromatic heterocycles. The maximum atomic E-state index is 13.0. The van der Waals surface area contributed by atoms with E-state index in [1.807, 2.05) is 13.2 Å². The van der Waals surface area contributed by atoms with Crippen LogP contribution < -0.4 is 11.1 Å². The molecule has 1 aromatic carbocycles. The maximum Gasteiger partial charge on any atom is 0.253 e. The molecule has 0 radical (unpaired) electrons. The van der Waals surface area contributed by atoms with E-state index in [1.165, 1.54) is 0 Å². The van der Waals surface area contributed by atoms with Gasteiger partial charge < -0.3 is 11.1 Å². The first kappa shape index (κ1) is 14.8. The number of carbonyl (C=O) groups is 1. The van der Waals surface area contributed by atoms with Crippen LogP contribution in [-0.2, 0) is 0 Å². The van der Waals surface area contributed by atoms with E-state index in [0.717, 1.165) is 18.6 Å². The second kappa shape index (κ2) is 6.58. The molecule has 1 aromatic rings. The minimum absolute atomic E-state index is 0.0364. The number of rotatable bonds is 5. The lowest BCUT2D eigenvalue weighted by atomic mass is 10.1. The van der Waals surface area contributed by atoms with Crippen LogP contribution in [-0.4, -0.2) is 24.0 Å². The zero-order chi connectivity index (χ0) is 13.7. The molecular weight excluding hydrogens is 258 g/mol. The van der Waals surface area contributed by atoms with Crippen LogP contribution in [0.1, 0.15) is 23.7 Å². The van der Waals surface area contributed by atoms with Gasteiger partial charge in [-0.2, -0.15) is 11.8 Å². The standard InChI is InChI=1S/C12H16F2N2OS/c1-7(18-2)3-4-16-12(17)8-5-9(13)10(14)6-11(8)15/h5-7H,3-4,15H2,1-2H3,(H,16,17). The average Bonchev–Trinajstić information content (AvgIpc) is 2.33. The van der Waals surface area contributed by atoms with Gasteiger partial charge in [-0.25, -0.2) is 8.78 Å². The summed E-state index contributed by atoms with van der Waals surface area (Å²) >= 11 is 1.69. The minimum atomic E-state index is -1.08. The van der Waals surface area contributed by atoms with Gasteiger partial charge >= 0.3 is 0 Å². The van der Waals surface area contributed by atoms with E-state index < -0.39 is 17.5 Å². The highest BCUT2D eigenvalue weighted by Gasteiger charge is 2.14. The third-order valence-electron chi connectivity index (χ3n) is 2.58. The molecule has 3 N–H and O–H groups in total. The summed E-state index contributed by atoms with van der Waals surface area (Å²) in [4.78, 5) is 11.7. The van der Waals surface area contributed by atoms with Crippen LogP contribution in [0.25, 0.3) is 0 Å². The molecule has 1 rings (SSSR count). The summed E-state index contributed by atoms with van der Waals surface area (Å²) in [6.45, 7) is 2.52. The van der Waals surface area contributed by atoms with Gasteiger partial charge in [0.25, 0.3) is 5.91 Å². The maximum absolute atomic E-state index is 13.0. The van der Waals surface area contributed by atoms with Gasteiger partial charge in [0, 0.05) is 23.5 Å². The van der Waals surface area contributed by atoms with Crippen molar-refractivity contribution in [2.75, 3.05) is 18.5 Å². The van der Waals surface area contributed by atoms with E-state index in [1.54, 1.807) is 11.8 Å². The highest BCUT2D eigenvalue weighted by Crippen LogP contribution is 2.17. The van der Waals surface area contributed by atoms with Crippen molar-refractivity contribution < 1.29 is 13.6 Å². The van der Waals surface area contributed by atoms with Crippen LogP contribution in [0.2, 0.25) is 0 Å². The monoisotopic (exact) mass is 274 g/mol. The molecule has 3 nitrogen and oxygen atoms in total. The number of halogens is 2. The molecule has 0 saturated heterocycles. The molecule has 0 aliphatic rings. The Bertz CT molecular complexity index is 440. The number of carbonyl (C=O) groups excluding carboxylic acids is 1. The third kappa shape index (κ3) is 3.87. The Morgan fingerprint density at radius 3 is 2.67 bits per heavy atom. The zero-order valence-electron chi connectivity index (χ0n) is 10.3. The van der Waals surface area contributed by atoms with Crippen molar-refractivity contribution in [3.05, 3.63) is 29.3 Å². The van der Waals surface area contributed by atoms with Gasteiger partial charge in [0.1, 0.15) is 0 Å². The molecule has 0 heterocycles. The first-order valence-electron chi connectivity index (χ1n) is 5.51.